The van der Waals surface area contributed by atoms with Crippen LogP contribution in [0, 0.1) is 0 Å². The van der Waals surface area contributed by atoms with Crippen molar-refractivity contribution < 1.29 is 18.3 Å². The highest BCUT2D eigenvalue weighted by Gasteiger charge is 2.20. The Labute approximate surface area is 69.2 Å². The van der Waals surface area contributed by atoms with Gasteiger partial charge in [0, 0.05) is 18.4 Å². The zero-order chi connectivity index (χ0) is 9.14. The van der Waals surface area contributed by atoms with Crippen LogP contribution in [0.25, 0.3) is 0 Å². The highest BCUT2D eigenvalue weighted by Crippen LogP contribution is 2.24. The van der Waals surface area contributed by atoms with Crippen molar-refractivity contribution in [2.45, 2.75) is 32.8 Å². The average Bonchev–Trinajstić information content (AvgIpc) is 1.98. The molecule has 0 saturated heterocycles. The van der Waals surface area contributed by atoms with E-state index in [2.05, 4.69) is 4.74 Å². The lowest BCUT2D eigenvalue weighted by Crippen LogP contribution is -2.13. The van der Waals surface area contributed by atoms with E-state index < -0.39 is 6.61 Å². The molecule has 1 rings (SSSR count). The Hall–Kier alpha value is -0.930. The summed E-state index contributed by atoms with van der Waals surface area (Å²) in [7, 11) is 0. The van der Waals surface area contributed by atoms with Crippen LogP contribution in [-0.2, 0) is 9.53 Å². The minimum atomic E-state index is -2.82. The lowest BCUT2D eigenvalue weighted by atomic mass is 9.98. The number of ketones is 1. The number of hydrogen-bond donors (Lipinski definition) is 0. The topological polar surface area (TPSA) is 26.3 Å². The molecule has 0 spiro atoms. The van der Waals surface area contributed by atoms with Gasteiger partial charge >= 0.3 is 6.61 Å². The summed E-state index contributed by atoms with van der Waals surface area (Å²) in [5.41, 5.74) is 0.349. The molecule has 0 unspecified atom stereocenters. The van der Waals surface area contributed by atoms with E-state index in [1.54, 1.807) is 0 Å². The Morgan fingerprint density at radius 3 is 2.67 bits per heavy atom. The minimum absolute atomic E-state index is 0.0862. The van der Waals surface area contributed by atoms with Crippen LogP contribution < -0.4 is 0 Å². The summed E-state index contributed by atoms with van der Waals surface area (Å²) >= 11 is 0. The molecule has 4 heteroatoms. The van der Waals surface area contributed by atoms with Gasteiger partial charge in [0.25, 0.3) is 0 Å². The normalized spacial score (nSPS) is 18.8. The second-order valence-electron chi connectivity index (χ2n) is 2.70. The second-order valence-corrected chi connectivity index (χ2v) is 2.70. The van der Waals surface area contributed by atoms with Gasteiger partial charge in [0.05, 0.1) is 0 Å². The van der Waals surface area contributed by atoms with Gasteiger partial charge in [-0.3, -0.25) is 4.79 Å². The van der Waals surface area contributed by atoms with Crippen molar-refractivity contribution in [3.63, 3.8) is 0 Å². The zero-order valence-corrected chi connectivity index (χ0v) is 6.77. The van der Waals surface area contributed by atoms with E-state index in [1.165, 1.54) is 6.92 Å². The van der Waals surface area contributed by atoms with Gasteiger partial charge in [0.1, 0.15) is 5.76 Å². The first-order valence-electron chi connectivity index (χ1n) is 3.79. The van der Waals surface area contributed by atoms with E-state index in [0.29, 0.717) is 24.8 Å². The van der Waals surface area contributed by atoms with Gasteiger partial charge in [0.15, 0.2) is 5.78 Å². The van der Waals surface area contributed by atoms with E-state index in [4.69, 9.17) is 0 Å². The molecular weight excluding hydrogens is 166 g/mol. The van der Waals surface area contributed by atoms with Crippen molar-refractivity contribution in [1.29, 1.82) is 0 Å². The molecule has 0 amide bonds. The quantitative estimate of drug-likeness (QED) is 0.645. The molecule has 2 nitrogen and oxygen atoms in total. The van der Waals surface area contributed by atoms with Gasteiger partial charge in [-0.15, -0.1) is 0 Å². The van der Waals surface area contributed by atoms with Crippen LogP contribution in [0.3, 0.4) is 0 Å². The zero-order valence-electron chi connectivity index (χ0n) is 6.77. The molecule has 0 radical (unpaired) electrons. The van der Waals surface area contributed by atoms with Crippen molar-refractivity contribution in [1.82, 2.24) is 0 Å². The average molecular weight is 176 g/mol. The molecule has 0 saturated carbocycles. The third-order valence-electron chi connectivity index (χ3n) is 1.88. The summed E-state index contributed by atoms with van der Waals surface area (Å²) < 4.78 is 27.7. The molecule has 0 bridgehead atoms. The third kappa shape index (κ3) is 2.03. The number of rotatable bonds is 2. The highest BCUT2D eigenvalue weighted by atomic mass is 19.3. The maximum Gasteiger partial charge on any atom is 0.387 e. The van der Waals surface area contributed by atoms with Crippen molar-refractivity contribution in [3.8, 4) is 0 Å². The predicted octanol–water partition coefficient (Wildman–Crippen LogP) is 2.25. The first kappa shape index (κ1) is 9.16. The summed E-state index contributed by atoms with van der Waals surface area (Å²) in [6.07, 6.45) is 1.50. The number of halogens is 2. The summed E-state index contributed by atoms with van der Waals surface area (Å²) in [6.45, 7) is -1.29. The van der Waals surface area contributed by atoms with Crippen LogP contribution in [0.2, 0.25) is 0 Å². The van der Waals surface area contributed by atoms with Crippen LogP contribution in [0.5, 0.6) is 0 Å². The summed E-state index contributed by atoms with van der Waals surface area (Å²) in [6, 6.07) is 0. The van der Waals surface area contributed by atoms with Crippen LogP contribution in [0.15, 0.2) is 11.3 Å². The Morgan fingerprint density at radius 1 is 1.42 bits per heavy atom. The molecule has 0 aromatic rings. The van der Waals surface area contributed by atoms with Gasteiger partial charge in [-0.05, 0) is 13.3 Å². The van der Waals surface area contributed by atoms with Gasteiger partial charge in [-0.1, -0.05) is 0 Å². The number of carbonyl (C=O) groups excluding carboxylic acids is 1. The second kappa shape index (κ2) is 3.65. The van der Waals surface area contributed by atoms with Crippen LogP contribution in [0.1, 0.15) is 26.2 Å². The maximum absolute atomic E-state index is 11.8. The Kier molecular flexibility index (Phi) is 2.78. The third-order valence-corrected chi connectivity index (χ3v) is 1.88. The molecule has 0 aromatic heterocycles. The summed E-state index contributed by atoms with van der Waals surface area (Å²) in [4.78, 5) is 11.0. The smallest absolute Gasteiger partial charge is 0.387 e. The van der Waals surface area contributed by atoms with Crippen molar-refractivity contribution >= 4 is 5.78 Å². The fourth-order valence-corrected chi connectivity index (χ4v) is 1.19. The molecule has 12 heavy (non-hydrogen) atoms. The van der Waals surface area contributed by atoms with E-state index in [0.717, 1.165) is 0 Å². The summed E-state index contributed by atoms with van der Waals surface area (Å²) in [5.74, 6) is 0.0677. The van der Waals surface area contributed by atoms with Gasteiger partial charge in [0.2, 0.25) is 0 Å². The fraction of sp³-hybridized carbons (Fsp3) is 0.625. The number of allylic oxidation sites excluding steroid dienone is 2. The SMILES string of the molecule is CC1=C(OC(F)F)CCCC1=O. The van der Waals surface area contributed by atoms with Gasteiger partial charge in [-0.25, -0.2) is 0 Å². The molecule has 0 aromatic carbocycles. The Balaban J connectivity index is 2.71. The molecule has 0 atom stereocenters. The number of alkyl halides is 2. The number of carbonyl (C=O) groups is 1. The van der Waals surface area contributed by atoms with Gasteiger partial charge < -0.3 is 4.74 Å². The minimum Gasteiger partial charge on any atom is -0.439 e. The molecule has 68 valence electrons. The van der Waals surface area contributed by atoms with Crippen LogP contribution >= 0.6 is 0 Å². The molecule has 1 aliphatic rings. The molecule has 0 heterocycles. The van der Waals surface area contributed by atoms with E-state index >= 15 is 0 Å². The maximum atomic E-state index is 11.8. The fourth-order valence-electron chi connectivity index (χ4n) is 1.19. The number of hydrogen-bond acceptors (Lipinski definition) is 2. The van der Waals surface area contributed by atoms with E-state index in [-0.39, 0.29) is 11.5 Å². The molecular formula is C8H10F2O2. The highest BCUT2D eigenvalue weighted by molar-refractivity contribution is 5.95. The van der Waals surface area contributed by atoms with Crippen molar-refractivity contribution in [3.05, 3.63) is 11.3 Å². The van der Waals surface area contributed by atoms with Crippen molar-refractivity contribution in [2.24, 2.45) is 0 Å². The van der Waals surface area contributed by atoms with Crippen LogP contribution in [-0.4, -0.2) is 12.4 Å². The molecule has 1 aliphatic carbocycles. The van der Waals surface area contributed by atoms with E-state index in [9.17, 15) is 13.6 Å². The molecule has 0 fully saturated rings. The molecule has 0 N–H and O–H groups in total. The lowest BCUT2D eigenvalue weighted by molar-refractivity contribution is -0.119. The van der Waals surface area contributed by atoms with Gasteiger partial charge in [-0.2, -0.15) is 8.78 Å². The monoisotopic (exact) mass is 176 g/mol. The number of ether oxygens (including phenoxy) is 1. The standard InChI is InChI=1S/C8H10F2O2/c1-5-6(11)3-2-4-7(5)12-8(9)10/h8H,2-4H2,1H3. The molecule has 0 aliphatic heterocycles. The summed E-state index contributed by atoms with van der Waals surface area (Å²) in [5, 5.41) is 0. The predicted molar refractivity (Wildman–Crippen MR) is 38.6 cm³/mol. The first-order chi connectivity index (χ1) is 5.61. The number of Topliss-reactive ketones (excluding diaryl/α,β-unsaturated/α-hetero) is 1. The van der Waals surface area contributed by atoms with Crippen LogP contribution in [0.4, 0.5) is 8.78 Å². The van der Waals surface area contributed by atoms with Crippen molar-refractivity contribution in [2.75, 3.05) is 0 Å². The largest absolute Gasteiger partial charge is 0.439 e. The first-order valence-corrected chi connectivity index (χ1v) is 3.79. The Bertz CT molecular complexity index is 221. The van der Waals surface area contributed by atoms with E-state index in [1.807, 2.05) is 0 Å². The Morgan fingerprint density at radius 2 is 2.08 bits per heavy atom. The lowest BCUT2D eigenvalue weighted by Gasteiger charge is -2.16.